The molecule has 0 spiro atoms. The molecule has 1 aliphatic heterocycles. The number of hydrogen-bond acceptors (Lipinski definition) is 5. The van der Waals surface area contributed by atoms with Crippen molar-refractivity contribution < 1.29 is 27.8 Å². The second-order valence-electron chi connectivity index (χ2n) is 7.44. The number of benzene rings is 1. The highest BCUT2D eigenvalue weighted by molar-refractivity contribution is 5.87. The van der Waals surface area contributed by atoms with Gasteiger partial charge in [-0.2, -0.15) is 0 Å². The first-order valence-electron chi connectivity index (χ1n) is 9.64. The zero-order valence-electron chi connectivity index (χ0n) is 16.7. The molecule has 3 rings (SSSR count). The minimum atomic E-state index is -3.02. The Morgan fingerprint density at radius 3 is 2.80 bits per heavy atom. The summed E-state index contributed by atoms with van der Waals surface area (Å²) in [5.41, 5.74) is -0.387. The van der Waals surface area contributed by atoms with Crippen LogP contribution in [0.2, 0.25) is 0 Å². The highest BCUT2D eigenvalue weighted by Gasteiger charge is 2.25. The Hall–Kier alpha value is -2.65. The number of halogens is 3. The number of nitrogens with one attached hydrogen (secondary N) is 1. The first-order valence-corrected chi connectivity index (χ1v) is 9.64. The Balaban J connectivity index is 1.90. The van der Waals surface area contributed by atoms with Crippen LogP contribution in [0.1, 0.15) is 46.6 Å². The zero-order valence-corrected chi connectivity index (χ0v) is 16.7. The third-order valence-corrected chi connectivity index (χ3v) is 5.05. The van der Waals surface area contributed by atoms with Crippen molar-refractivity contribution in [2.45, 2.75) is 32.4 Å². The van der Waals surface area contributed by atoms with Crippen LogP contribution in [0, 0.1) is 12.7 Å². The lowest BCUT2D eigenvalue weighted by Gasteiger charge is -2.34. The number of pyridine rings is 1. The molecule has 2 heterocycles. The quantitative estimate of drug-likeness (QED) is 0.709. The van der Waals surface area contributed by atoms with E-state index in [0.29, 0.717) is 17.7 Å². The Bertz CT molecular complexity index is 910. The molecule has 162 valence electrons. The fourth-order valence-electron chi connectivity index (χ4n) is 3.47. The van der Waals surface area contributed by atoms with Crippen molar-refractivity contribution in [3.05, 3.63) is 58.7 Å². The Morgan fingerprint density at radius 1 is 1.40 bits per heavy atom. The van der Waals surface area contributed by atoms with Gasteiger partial charge in [-0.05, 0) is 37.1 Å². The molecule has 2 atom stereocenters. The lowest BCUT2D eigenvalue weighted by molar-refractivity contribution is 0.0676. The van der Waals surface area contributed by atoms with Crippen LogP contribution in [-0.4, -0.2) is 53.2 Å². The third-order valence-electron chi connectivity index (χ3n) is 5.05. The molecule has 2 aromatic rings. The van der Waals surface area contributed by atoms with Gasteiger partial charge in [0.15, 0.2) is 5.69 Å². The van der Waals surface area contributed by atoms with E-state index >= 15 is 0 Å². The number of rotatable bonds is 7. The molecule has 6 nitrogen and oxygen atoms in total. The van der Waals surface area contributed by atoms with Crippen molar-refractivity contribution in [3.63, 3.8) is 0 Å². The van der Waals surface area contributed by atoms with Crippen molar-refractivity contribution in [3.8, 4) is 5.75 Å². The predicted octanol–water partition coefficient (Wildman–Crippen LogP) is 3.58. The average molecular weight is 423 g/mol. The van der Waals surface area contributed by atoms with Gasteiger partial charge in [0.1, 0.15) is 17.7 Å². The number of ether oxygens (including phenoxy) is 1. The highest BCUT2D eigenvalue weighted by Crippen LogP contribution is 2.29. The van der Waals surface area contributed by atoms with Crippen LogP contribution in [0.15, 0.2) is 30.5 Å². The van der Waals surface area contributed by atoms with Crippen LogP contribution < -0.4 is 10.1 Å². The van der Waals surface area contributed by atoms with Gasteiger partial charge in [-0.3, -0.25) is 4.90 Å². The molecule has 0 saturated carbocycles. The highest BCUT2D eigenvalue weighted by atomic mass is 19.3. The van der Waals surface area contributed by atoms with E-state index in [0.717, 1.165) is 31.9 Å². The molecule has 1 aromatic carbocycles. The van der Waals surface area contributed by atoms with E-state index in [9.17, 15) is 18.0 Å². The molecule has 1 saturated heterocycles. The first-order chi connectivity index (χ1) is 14.2. The smallest absolute Gasteiger partial charge is 0.354 e. The molecule has 0 radical (unpaired) electrons. The number of carboxylic acids is 1. The van der Waals surface area contributed by atoms with E-state index < -0.39 is 29.8 Å². The maximum Gasteiger partial charge on any atom is 0.354 e. The number of hydrogen-bond donors (Lipinski definition) is 2. The van der Waals surface area contributed by atoms with Gasteiger partial charge in [-0.1, -0.05) is 12.1 Å². The van der Waals surface area contributed by atoms with Crippen LogP contribution in [-0.2, 0) is 0 Å². The normalized spacial score (nSPS) is 18.4. The van der Waals surface area contributed by atoms with E-state index in [4.69, 9.17) is 9.84 Å². The molecule has 1 aliphatic rings. The van der Waals surface area contributed by atoms with Crippen molar-refractivity contribution in [2.24, 2.45) is 0 Å². The summed E-state index contributed by atoms with van der Waals surface area (Å²) in [6.07, 6.45) is -2.56. The lowest BCUT2D eigenvalue weighted by atomic mass is 10.1. The van der Waals surface area contributed by atoms with E-state index in [1.807, 2.05) is 0 Å². The number of aromatic nitrogens is 1. The van der Waals surface area contributed by atoms with Crippen LogP contribution in [0.25, 0.3) is 0 Å². The van der Waals surface area contributed by atoms with E-state index in [1.165, 1.54) is 6.07 Å². The molecule has 0 amide bonds. The van der Waals surface area contributed by atoms with Crippen molar-refractivity contribution in [2.75, 3.05) is 26.2 Å². The summed E-state index contributed by atoms with van der Waals surface area (Å²) in [7, 11) is 0. The molecule has 9 heteroatoms. The number of nitrogens with zero attached hydrogens (tertiary/aromatic N) is 2. The third kappa shape index (κ3) is 5.28. The largest absolute Gasteiger partial charge is 0.483 e. The Labute approximate surface area is 172 Å². The summed E-state index contributed by atoms with van der Waals surface area (Å²) in [5, 5.41) is 12.4. The van der Waals surface area contributed by atoms with Gasteiger partial charge in [0.2, 0.25) is 0 Å². The van der Waals surface area contributed by atoms with Crippen molar-refractivity contribution in [1.29, 1.82) is 0 Å². The number of carboxylic acid groups (broad SMARTS) is 1. The van der Waals surface area contributed by atoms with Crippen LogP contribution in [0.3, 0.4) is 0 Å². The minimum absolute atomic E-state index is 0.00414. The Morgan fingerprint density at radius 2 is 2.17 bits per heavy atom. The summed E-state index contributed by atoms with van der Waals surface area (Å²) in [5.74, 6) is -1.92. The van der Waals surface area contributed by atoms with Crippen molar-refractivity contribution >= 4 is 5.97 Å². The lowest BCUT2D eigenvalue weighted by Crippen LogP contribution is -2.50. The Kier molecular flexibility index (Phi) is 6.94. The van der Waals surface area contributed by atoms with E-state index in [2.05, 4.69) is 22.1 Å². The minimum Gasteiger partial charge on any atom is -0.483 e. The van der Waals surface area contributed by atoms with Gasteiger partial charge in [-0.25, -0.2) is 22.9 Å². The van der Waals surface area contributed by atoms with Gasteiger partial charge in [0, 0.05) is 32.2 Å². The predicted molar refractivity (Wildman–Crippen MR) is 105 cm³/mol. The maximum atomic E-state index is 14.2. The fourth-order valence-corrected chi connectivity index (χ4v) is 3.47. The number of piperazine rings is 1. The van der Waals surface area contributed by atoms with Crippen molar-refractivity contribution in [1.82, 2.24) is 15.2 Å². The van der Waals surface area contributed by atoms with Gasteiger partial charge >= 0.3 is 5.97 Å². The molecular formula is C21H24F3N3O3. The summed E-state index contributed by atoms with van der Waals surface area (Å²) >= 11 is 0. The molecule has 1 fully saturated rings. The standard InChI is InChI=1S/C21H24F3N3O3/c1-12-3-4-14(7-17(12)22)18(11-27-6-5-25-13(2)10-27)30-15-8-16(20(23)24)19(21(28)29)26-9-15/h3-4,7-9,13,18,20,25H,5-6,10-11H2,1-2H3,(H,28,29)/t13-,18-/m1/s1. The number of aromatic carboxylic acids is 1. The molecule has 1 aromatic heterocycles. The van der Waals surface area contributed by atoms with Gasteiger partial charge in [0.05, 0.1) is 11.8 Å². The fraction of sp³-hybridized carbons (Fsp3) is 0.429. The summed E-state index contributed by atoms with van der Waals surface area (Å²) in [4.78, 5) is 16.9. The maximum absolute atomic E-state index is 14.2. The van der Waals surface area contributed by atoms with Crippen LogP contribution >= 0.6 is 0 Å². The summed E-state index contributed by atoms with van der Waals surface area (Å²) in [6, 6.07) is 6.01. The monoisotopic (exact) mass is 423 g/mol. The summed E-state index contributed by atoms with van der Waals surface area (Å²) < 4.78 is 46.8. The second-order valence-corrected chi connectivity index (χ2v) is 7.44. The topological polar surface area (TPSA) is 74.7 Å². The molecule has 0 bridgehead atoms. The van der Waals surface area contributed by atoms with E-state index in [-0.39, 0.29) is 17.6 Å². The van der Waals surface area contributed by atoms with E-state index in [1.54, 1.807) is 19.1 Å². The van der Waals surface area contributed by atoms with Gasteiger partial charge < -0.3 is 15.2 Å². The molecule has 0 unspecified atom stereocenters. The number of carbonyl (C=O) groups is 1. The SMILES string of the molecule is Cc1ccc([C@@H](CN2CCN[C@H](C)C2)Oc2cnc(C(=O)O)c(C(F)F)c2)cc1F. The van der Waals surface area contributed by atoms with Crippen LogP contribution in [0.5, 0.6) is 5.75 Å². The summed E-state index contributed by atoms with van der Waals surface area (Å²) in [6.45, 7) is 6.43. The molecule has 0 aliphatic carbocycles. The molecule has 2 N–H and O–H groups in total. The van der Waals surface area contributed by atoms with Crippen LogP contribution in [0.4, 0.5) is 13.2 Å². The average Bonchev–Trinajstić information content (AvgIpc) is 2.69. The number of aryl methyl sites for hydroxylation is 1. The molecular weight excluding hydrogens is 399 g/mol. The van der Waals surface area contributed by atoms with Gasteiger partial charge in [0.25, 0.3) is 6.43 Å². The zero-order chi connectivity index (χ0) is 21.8. The molecule has 30 heavy (non-hydrogen) atoms. The first kappa shape index (κ1) is 22.0. The second kappa shape index (κ2) is 9.44. The number of alkyl halides is 2. The van der Waals surface area contributed by atoms with Gasteiger partial charge in [-0.15, -0.1) is 0 Å².